The number of halogens is 1. The van der Waals surface area contributed by atoms with Crippen molar-refractivity contribution in [3.63, 3.8) is 0 Å². The number of carbonyl (C=O) groups excluding carboxylic acids is 1. The molecule has 5 N–H and O–H groups in total. The van der Waals surface area contributed by atoms with Crippen LogP contribution in [-0.2, 0) is 4.79 Å². The zero-order chi connectivity index (χ0) is 19.6. The third kappa shape index (κ3) is 3.96. The molecule has 0 radical (unpaired) electrons. The fourth-order valence-electron chi connectivity index (χ4n) is 2.63. The summed E-state index contributed by atoms with van der Waals surface area (Å²) in [4.78, 5) is 13.1. The van der Waals surface area contributed by atoms with Crippen molar-refractivity contribution < 1.29 is 14.6 Å². The summed E-state index contributed by atoms with van der Waals surface area (Å²) >= 11 is 3.44. The SMILES string of the molecule is COc1cc(-n2nc3cc(N)cc(Br)c3n2)c(NC(C)=O)cc1NCCO. The number of nitrogen functional groups attached to an aromatic ring is 1. The highest BCUT2D eigenvalue weighted by Gasteiger charge is 2.17. The predicted molar refractivity (Wildman–Crippen MR) is 107 cm³/mol. The van der Waals surface area contributed by atoms with E-state index >= 15 is 0 Å². The predicted octanol–water partition coefficient (Wildman–Crippen LogP) is 2.14. The number of fused-ring (bicyclic) bond motifs is 1. The van der Waals surface area contributed by atoms with Gasteiger partial charge in [-0.05, 0) is 34.1 Å². The van der Waals surface area contributed by atoms with Crippen LogP contribution in [0.15, 0.2) is 28.7 Å². The van der Waals surface area contributed by atoms with E-state index in [1.54, 1.807) is 24.3 Å². The average Bonchev–Trinajstić information content (AvgIpc) is 3.03. The summed E-state index contributed by atoms with van der Waals surface area (Å²) in [6.45, 7) is 1.71. The zero-order valence-corrected chi connectivity index (χ0v) is 16.4. The van der Waals surface area contributed by atoms with Crippen molar-refractivity contribution in [2.45, 2.75) is 6.92 Å². The lowest BCUT2D eigenvalue weighted by Crippen LogP contribution is -2.13. The van der Waals surface area contributed by atoms with Crippen LogP contribution in [0.2, 0.25) is 0 Å². The van der Waals surface area contributed by atoms with Gasteiger partial charge in [0.2, 0.25) is 5.91 Å². The van der Waals surface area contributed by atoms with Gasteiger partial charge in [-0.25, -0.2) is 0 Å². The lowest BCUT2D eigenvalue weighted by molar-refractivity contribution is -0.114. The van der Waals surface area contributed by atoms with Gasteiger partial charge in [-0.2, -0.15) is 0 Å². The number of methoxy groups -OCH3 is 1. The van der Waals surface area contributed by atoms with Gasteiger partial charge in [-0.15, -0.1) is 15.0 Å². The van der Waals surface area contributed by atoms with E-state index in [0.717, 1.165) is 4.47 Å². The molecule has 1 heterocycles. The van der Waals surface area contributed by atoms with Crippen molar-refractivity contribution in [2.75, 3.05) is 36.6 Å². The van der Waals surface area contributed by atoms with Crippen LogP contribution in [0.25, 0.3) is 16.7 Å². The van der Waals surface area contributed by atoms with Crippen LogP contribution < -0.4 is 21.1 Å². The molecular formula is C17H19BrN6O3. The standard InChI is InChI=1S/C17H19BrN6O3/c1-9(26)21-12-7-13(20-3-4-25)16(27-2)8-15(12)24-22-14-6-10(19)5-11(18)17(14)23-24/h5-8,20,25H,3-4,19H2,1-2H3,(H,21,26). The molecule has 0 unspecified atom stereocenters. The molecule has 0 aliphatic heterocycles. The molecule has 0 aliphatic carbocycles. The largest absolute Gasteiger partial charge is 0.495 e. The highest BCUT2D eigenvalue weighted by atomic mass is 79.9. The molecule has 0 fully saturated rings. The van der Waals surface area contributed by atoms with Crippen LogP contribution in [0.4, 0.5) is 17.1 Å². The summed E-state index contributed by atoms with van der Waals surface area (Å²) in [5, 5.41) is 23.8. The van der Waals surface area contributed by atoms with Gasteiger partial charge in [0.1, 0.15) is 22.5 Å². The molecule has 9 nitrogen and oxygen atoms in total. The number of aromatic nitrogens is 3. The second-order valence-corrected chi connectivity index (χ2v) is 6.62. The Hall–Kier alpha value is -2.85. The quantitative estimate of drug-likeness (QED) is 0.437. The van der Waals surface area contributed by atoms with Crippen LogP contribution in [0.5, 0.6) is 5.75 Å². The Morgan fingerprint density at radius 2 is 2.07 bits per heavy atom. The van der Waals surface area contributed by atoms with Crippen molar-refractivity contribution in [1.29, 1.82) is 0 Å². The summed E-state index contributed by atoms with van der Waals surface area (Å²) in [6, 6.07) is 6.89. The van der Waals surface area contributed by atoms with Crippen LogP contribution in [0.1, 0.15) is 6.92 Å². The molecule has 0 spiro atoms. The molecule has 0 aliphatic rings. The van der Waals surface area contributed by atoms with Crippen molar-refractivity contribution >= 4 is 49.9 Å². The summed E-state index contributed by atoms with van der Waals surface area (Å²) < 4.78 is 6.15. The first-order valence-electron chi connectivity index (χ1n) is 8.09. The van der Waals surface area contributed by atoms with Gasteiger partial charge in [0, 0.05) is 29.7 Å². The van der Waals surface area contributed by atoms with Gasteiger partial charge in [-0.1, -0.05) is 0 Å². The van der Waals surface area contributed by atoms with Crippen LogP contribution in [0, 0.1) is 0 Å². The number of aliphatic hydroxyl groups excluding tert-OH is 1. The number of carbonyl (C=O) groups is 1. The number of benzene rings is 2. The third-order valence-corrected chi connectivity index (χ3v) is 4.34. The summed E-state index contributed by atoms with van der Waals surface area (Å²) in [7, 11) is 1.53. The number of hydrogen-bond donors (Lipinski definition) is 4. The number of rotatable bonds is 6. The molecule has 0 saturated heterocycles. The minimum atomic E-state index is -0.239. The summed E-state index contributed by atoms with van der Waals surface area (Å²) in [5.41, 5.74) is 9.32. The number of anilines is 3. The number of hydrogen-bond acceptors (Lipinski definition) is 7. The van der Waals surface area contributed by atoms with Crippen LogP contribution in [0.3, 0.4) is 0 Å². The molecule has 0 bridgehead atoms. The summed E-state index contributed by atoms with van der Waals surface area (Å²) in [6.07, 6.45) is 0. The lowest BCUT2D eigenvalue weighted by Gasteiger charge is -2.16. The number of ether oxygens (including phenoxy) is 1. The Labute approximate surface area is 163 Å². The topological polar surface area (TPSA) is 127 Å². The number of nitrogens with one attached hydrogen (secondary N) is 2. The van der Waals surface area contributed by atoms with Gasteiger partial charge < -0.3 is 26.2 Å². The first kappa shape index (κ1) is 18.9. The molecular weight excluding hydrogens is 416 g/mol. The first-order valence-corrected chi connectivity index (χ1v) is 8.89. The molecule has 2 aromatic carbocycles. The maximum Gasteiger partial charge on any atom is 0.221 e. The van der Waals surface area contributed by atoms with E-state index in [1.165, 1.54) is 18.8 Å². The normalized spacial score (nSPS) is 10.8. The van der Waals surface area contributed by atoms with E-state index in [2.05, 4.69) is 36.8 Å². The van der Waals surface area contributed by atoms with Crippen molar-refractivity contribution in [3.8, 4) is 11.4 Å². The zero-order valence-electron chi connectivity index (χ0n) is 14.8. The number of amides is 1. The van der Waals surface area contributed by atoms with E-state index in [9.17, 15) is 4.79 Å². The first-order chi connectivity index (χ1) is 12.9. The highest BCUT2D eigenvalue weighted by Crippen LogP contribution is 2.34. The number of aliphatic hydroxyl groups is 1. The Bertz CT molecular complexity index is 1000. The minimum Gasteiger partial charge on any atom is -0.495 e. The second-order valence-electron chi connectivity index (χ2n) is 5.76. The van der Waals surface area contributed by atoms with Crippen LogP contribution >= 0.6 is 15.9 Å². The van der Waals surface area contributed by atoms with Gasteiger partial charge in [0.25, 0.3) is 0 Å². The van der Waals surface area contributed by atoms with Gasteiger partial charge >= 0.3 is 0 Å². The Morgan fingerprint density at radius 1 is 1.30 bits per heavy atom. The van der Waals surface area contributed by atoms with E-state index in [4.69, 9.17) is 15.6 Å². The number of nitrogens with zero attached hydrogens (tertiary/aromatic N) is 3. The minimum absolute atomic E-state index is 0.0398. The summed E-state index contributed by atoms with van der Waals surface area (Å²) in [5.74, 6) is 0.282. The molecule has 27 heavy (non-hydrogen) atoms. The third-order valence-electron chi connectivity index (χ3n) is 3.73. The molecule has 1 amide bonds. The van der Waals surface area contributed by atoms with Gasteiger partial charge in [0.15, 0.2) is 0 Å². The van der Waals surface area contributed by atoms with Crippen LogP contribution in [-0.4, -0.2) is 46.3 Å². The number of nitrogens with two attached hydrogens (primary N) is 1. The fraction of sp³-hybridized carbons (Fsp3) is 0.235. The second kappa shape index (κ2) is 7.80. The Balaban J connectivity index is 2.17. The maximum atomic E-state index is 11.7. The van der Waals surface area contributed by atoms with Gasteiger partial charge in [-0.3, -0.25) is 4.79 Å². The molecule has 142 valence electrons. The molecule has 10 heteroatoms. The van der Waals surface area contributed by atoms with E-state index in [1.807, 2.05) is 0 Å². The lowest BCUT2D eigenvalue weighted by atomic mass is 10.2. The van der Waals surface area contributed by atoms with E-state index in [-0.39, 0.29) is 12.5 Å². The van der Waals surface area contributed by atoms with Crippen molar-refractivity contribution in [1.82, 2.24) is 15.0 Å². The monoisotopic (exact) mass is 434 g/mol. The Morgan fingerprint density at radius 3 is 2.74 bits per heavy atom. The molecule has 3 rings (SSSR count). The maximum absolute atomic E-state index is 11.7. The van der Waals surface area contributed by atoms with Crippen molar-refractivity contribution in [2.24, 2.45) is 0 Å². The average molecular weight is 435 g/mol. The molecule has 0 saturated carbocycles. The van der Waals surface area contributed by atoms with Gasteiger partial charge in [0.05, 0.1) is 25.1 Å². The molecule has 0 atom stereocenters. The smallest absolute Gasteiger partial charge is 0.221 e. The van der Waals surface area contributed by atoms with E-state index in [0.29, 0.717) is 46.1 Å². The molecule has 1 aromatic heterocycles. The Kier molecular flexibility index (Phi) is 5.47. The fourth-order valence-corrected chi connectivity index (χ4v) is 3.18. The highest BCUT2D eigenvalue weighted by molar-refractivity contribution is 9.10. The van der Waals surface area contributed by atoms with Crippen molar-refractivity contribution in [3.05, 3.63) is 28.7 Å². The van der Waals surface area contributed by atoms with E-state index < -0.39 is 0 Å². The molecule has 3 aromatic rings.